The molecule has 1 fully saturated rings. The van der Waals surface area contributed by atoms with Gasteiger partial charge in [-0.25, -0.2) is 9.59 Å². The van der Waals surface area contributed by atoms with Gasteiger partial charge in [0.25, 0.3) is 0 Å². The highest BCUT2D eigenvalue weighted by Gasteiger charge is 2.32. The number of carbonyl (C=O) groups is 3. The Morgan fingerprint density at radius 1 is 1.19 bits per heavy atom. The van der Waals surface area contributed by atoms with Crippen LogP contribution in [0.3, 0.4) is 0 Å². The lowest BCUT2D eigenvalue weighted by molar-refractivity contribution is -0.131. The first kappa shape index (κ1) is 20.6. The molecule has 1 aromatic rings. The minimum absolute atomic E-state index is 0.0675. The normalized spacial score (nSPS) is 22.6. The summed E-state index contributed by atoms with van der Waals surface area (Å²) in [6, 6.07) is 8.74. The number of piperidine rings is 1. The van der Waals surface area contributed by atoms with E-state index in [0.717, 1.165) is 24.1 Å². The van der Waals surface area contributed by atoms with Crippen molar-refractivity contribution in [2.45, 2.75) is 31.9 Å². The lowest BCUT2D eigenvalue weighted by Crippen LogP contribution is -2.39. The number of carboxylic acids is 1. The highest BCUT2D eigenvalue weighted by Crippen LogP contribution is 2.29. The van der Waals surface area contributed by atoms with Crippen LogP contribution >= 0.6 is 0 Å². The highest BCUT2D eigenvalue weighted by molar-refractivity contribution is 6.43. The molecule has 2 N–H and O–H groups in total. The minimum Gasteiger partial charge on any atom is -0.476 e. The van der Waals surface area contributed by atoms with Crippen LogP contribution in [-0.2, 0) is 20.9 Å². The molecule has 3 aliphatic rings. The number of hydrogen-bond donors (Lipinski definition) is 2. The molecule has 0 saturated carbocycles. The van der Waals surface area contributed by atoms with E-state index in [1.54, 1.807) is 11.0 Å². The number of amides is 2. The van der Waals surface area contributed by atoms with E-state index in [1.807, 2.05) is 48.6 Å². The third kappa shape index (κ3) is 4.74. The van der Waals surface area contributed by atoms with Gasteiger partial charge in [-0.05, 0) is 36.6 Å². The fraction of sp³-hybridized carbons (Fsp3) is 0.304. The lowest BCUT2D eigenvalue weighted by atomic mass is 9.89. The third-order valence-corrected chi connectivity index (χ3v) is 5.40. The topological polar surface area (TPSA) is 108 Å². The average molecular weight is 421 g/mol. The number of benzene rings is 1. The first-order chi connectivity index (χ1) is 15.0. The number of hydrogen-bond acceptors (Lipinski definition) is 5. The van der Waals surface area contributed by atoms with Crippen molar-refractivity contribution < 1.29 is 24.2 Å². The molecule has 160 valence electrons. The molecule has 0 spiro atoms. The predicted molar refractivity (Wildman–Crippen MR) is 113 cm³/mol. The molecule has 0 bridgehead atoms. The van der Waals surface area contributed by atoms with Gasteiger partial charge in [0.15, 0.2) is 5.71 Å². The van der Waals surface area contributed by atoms with Gasteiger partial charge in [-0.3, -0.25) is 15.1 Å². The van der Waals surface area contributed by atoms with Gasteiger partial charge < -0.3 is 14.7 Å². The van der Waals surface area contributed by atoms with E-state index in [9.17, 15) is 19.5 Å². The molecule has 31 heavy (non-hydrogen) atoms. The Bertz CT molecular complexity index is 1010. The molecule has 1 saturated heterocycles. The largest absolute Gasteiger partial charge is 0.476 e. The summed E-state index contributed by atoms with van der Waals surface area (Å²) in [5.74, 6) is -1.40. The van der Waals surface area contributed by atoms with Crippen LogP contribution in [0.25, 0.3) is 0 Å². The zero-order valence-electron chi connectivity index (χ0n) is 16.9. The highest BCUT2D eigenvalue weighted by atomic mass is 16.5. The first-order valence-corrected chi connectivity index (χ1v) is 10.2. The van der Waals surface area contributed by atoms with Crippen molar-refractivity contribution in [3.63, 3.8) is 0 Å². The van der Waals surface area contributed by atoms with E-state index >= 15 is 0 Å². The van der Waals surface area contributed by atoms with Gasteiger partial charge in [0, 0.05) is 24.6 Å². The zero-order chi connectivity index (χ0) is 21.8. The van der Waals surface area contributed by atoms with E-state index in [1.165, 1.54) is 0 Å². The molecule has 2 aliphatic heterocycles. The number of nitrogens with one attached hydrogen (secondary N) is 1. The molecule has 2 heterocycles. The van der Waals surface area contributed by atoms with E-state index in [-0.39, 0.29) is 29.8 Å². The Labute approximate surface area is 179 Å². The molecule has 2 atom stereocenters. The molecule has 0 radical (unpaired) electrons. The third-order valence-electron chi connectivity index (χ3n) is 5.40. The maximum absolute atomic E-state index is 12.2. The number of fused-ring (bicyclic) bond motifs is 1. The molecular formula is C23H23N3O5. The smallest absolute Gasteiger partial charge is 0.412 e. The molecule has 4 rings (SSSR count). The van der Waals surface area contributed by atoms with Crippen LogP contribution in [0, 0.1) is 5.92 Å². The van der Waals surface area contributed by atoms with Crippen LogP contribution in [0.4, 0.5) is 4.79 Å². The molecule has 2 unspecified atom stereocenters. The zero-order valence-corrected chi connectivity index (χ0v) is 16.9. The molecule has 1 aromatic carbocycles. The summed E-state index contributed by atoms with van der Waals surface area (Å²) in [7, 11) is 0. The van der Waals surface area contributed by atoms with Crippen molar-refractivity contribution in [3.05, 3.63) is 71.6 Å². The summed E-state index contributed by atoms with van der Waals surface area (Å²) in [6.45, 7) is 0.721. The Morgan fingerprint density at radius 3 is 2.74 bits per heavy atom. The van der Waals surface area contributed by atoms with Crippen molar-refractivity contribution in [3.8, 4) is 0 Å². The molecule has 8 heteroatoms. The lowest BCUT2D eigenvalue weighted by Gasteiger charge is -2.32. The minimum atomic E-state index is -1.24. The van der Waals surface area contributed by atoms with Gasteiger partial charge in [-0.15, -0.1) is 0 Å². The number of aliphatic imine (C=N–C) groups is 1. The monoisotopic (exact) mass is 421 g/mol. The SMILES string of the molecule is O=C(NC1=CC2C=CC(N3CCCCC3=O)=CC2N=C1C(=O)O)OCc1ccccc1. The number of dihydropyridines is 1. The standard InChI is InChI=1S/C23H23N3O5/c27-20-8-4-5-11-26(20)17-10-9-16-12-19(21(22(28)29)24-18(16)13-17)25-23(30)31-14-15-6-2-1-3-7-15/h1-3,6-7,9-10,12-13,16,18H,4-5,8,11,14H2,(H,25,30)(H,28,29). The van der Waals surface area contributed by atoms with Crippen molar-refractivity contribution in [2.75, 3.05) is 6.54 Å². The summed E-state index contributed by atoms with van der Waals surface area (Å²) < 4.78 is 5.19. The van der Waals surface area contributed by atoms with E-state index in [4.69, 9.17) is 4.74 Å². The Morgan fingerprint density at radius 2 is 2.00 bits per heavy atom. The predicted octanol–water partition coefficient (Wildman–Crippen LogP) is 2.79. The number of alkyl carbamates (subject to hydrolysis) is 1. The van der Waals surface area contributed by atoms with Crippen molar-refractivity contribution in [1.82, 2.24) is 10.2 Å². The number of aliphatic carboxylic acids is 1. The van der Waals surface area contributed by atoms with E-state index in [2.05, 4.69) is 10.3 Å². The molecular weight excluding hydrogens is 398 g/mol. The molecule has 1 aliphatic carbocycles. The van der Waals surface area contributed by atoms with Crippen LogP contribution in [-0.4, -0.2) is 46.3 Å². The second-order valence-corrected chi connectivity index (χ2v) is 7.57. The summed E-state index contributed by atoms with van der Waals surface area (Å²) >= 11 is 0. The summed E-state index contributed by atoms with van der Waals surface area (Å²) in [5, 5.41) is 12.1. The van der Waals surface area contributed by atoms with Crippen LogP contribution in [0.15, 0.2) is 71.0 Å². The number of likely N-dealkylation sites (tertiary alicyclic amines) is 1. The van der Waals surface area contributed by atoms with Gasteiger partial charge in [-0.2, -0.15) is 0 Å². The van der Waals surface area contributed by atoms with Crippen LogP contribution < -0.4 is 5.32 Å². The van der Waals surface area contributed by atoms with E-state index in [0.29, 0.717) is 13.0 Å². The molecule has 0 aromatic heterocycles. The maximum Gasteiger partial charge on any atom is 0.412 e. The second-order valence-electron chi connectivity index (χ2n) is 7.57. The summed E-state index contributed by atoms with van der Waals surface area (Å²) in [6.07, 6.45) is 8.80. The van der Waals surface area contributed by atoms with Gasteiger partial charge in [0.2, 0.25) is 5.91 Å². The van der Waals surface area contributed by atoms with Crippen LogP contribution in [0.5, 0.6) is 0 Å². The summed E-state index contributed by atoms with van der Waals surface area (Å²) in [5.41, 5.74) is 1.42. The Balaban J connectivity index is 1.46. The quantitative estimate of drug-likeness (QED) is 0.760. The number of rotatable bonds is 5. The Kier molecular flexibility index (Phi) is 5.97. The number of allylic oxidation sites excluding steroid dienone is 1. The Hall–Kier alpha value is -3.68. The maximum atomic E-state index is 12.2. The van der Waals surface area contributed by atoms with Crippen molar-refractivity contribution >= 4 is 23.7 Å². The fourth-order valence-corrected chi connectivity index (χ4v) is 3.83. The first-order valence-electron chi connectivity index (χ1n) is 10.2. The van der Waals surface area contributed by atoms with Gasteiger partial charge in [0.05, 0.1) is 11.7 Å². The second kappa shape index (κ2) is 8.99. The fourth-order valence-electron chi connectivity index (χ4n) is 3.83. The van der Waals surface area contributed by atoms with Crippen molar-refractivity contribution in [2.24, 2.45) is 10.9 Å². The van der Waals surface area contributed by atoms with Gasteiger partial charge in [0.1, 0.15) is 6.61 Å². The summed E-state index contributed by atoms with van der Waals surface area (Å²) in [4.78, 5) is 42.3. The van der Waals surface area contributed by atoms with Crippen LogP contribution in [0.2, 0.25) is 0 Å². The van der Waals surface area contributed by atoms with Crippen LogP contribution in [0.1, 0.15) is 24.8 Å². The number of nitrogens with zero attached hydrogens (tertiary/aromatic N) is 2. The van der Waals surface area contributed by atoms with Gasteiger partial charge in [-0.1, -0.05) is 36.4 Å². The van der Waals surface area contributed by atoms with Gasteiger partial charge >= 0.3 is 12.1 Å². The number of carboxylic acid groups (broad SMARTS) is 1. The molecule has 8 nitrogen and oxygen atoms in total. The van der Waals surface area contributed by atoms with E-state index < -0.39 is 18.1 Å². The average Bonchev–Trinajstić information content (AvgIpc) is 2.78. The van der Waals surface area contributed by atoms with Crippen molar-refractivity contribution in [1.29, 1.82) is 0 Å². The number of ether oxygens (including phenoxy) is 1. The number of carbonyl (C=O) groups excluding carboxylic acids is 2. The molecule has 2 amide bonds.